The molecule has 1 aliphatic rings. The van der Waals surface area contributed by atoms with Crippen molar-refractivity contribution in [3.8, 4) is 17.1 Å². The molecule has 7 heteroatoms. The second-order valence-corrected chi connectivity index (χ2v) is 11.5. The molecule has 1 saturated heterocycles. The van der Waals surface area contributed by atoms with E-state index in [9.17, 15) is 4.79 Å². The normalized spacial score (nSPS) is 14.4. The minimum Gasteiger partial charge on any atom is -0.353 e. The number of amides is 1. The summed E-state index contributed by atoms with van der Waals surface area (Å²) in [5.74, 6) is 1.79. The van der Waals surface area contributed by atoms with E-state index in [-0.39, 0.29) is 11.9 Å². The van der Waals surface area contributed by atoms with Crippen molar-refractivity contribution in [1.82, 2.24) is 25.0 Å². The van der Waals surface area contributed by atoms with Crippen LogP contribution in [0.3, 0.4) is 0 Å². The third-order valence-corrected chi connectivity index (χ3v) is 8.23. The van der Waals surface area contributed by atoms with E-state index in [2.05, 4.69) is 118 Å². The smallest absolute Gasteiger partial charge is 0.220 e. The van der Waals surface area contributed by atoms with Gasteiger partial charge < -0.3 is 5.32 Å². The Labute approximate surface area is 235 Å². The summed E-state index contributed by atoms with van der Waals surface area (Å²) in [6.45, 7) is 7.20. The highest BCUT2D eigenvalue weighted by Gasteiger charge is 2.21. The van der Waals surface area contributed by atoms with Crippen molar-refractivity contribution in [2.24, 2.45) is 0 Å². The predicted octanol–water partition coefficient (Wildman–Crippen LogP) is 6.20. The number of rotatable bonds is 10. The fraction of sp³-hybridized carbons (Fsp3) is 0.344. The van der Waals surface area contributed by atoms with E-state index >= 15 is 0 Å². The molecule has 0 saturated carbocycles. The third-order valence-electron chi connectivity index (χ3n) is 7.22. The van der Waals surface area contributed by atoms with Crippen LogP contribution in [0.1, 0.15) is 42.4 Å². The van der Waals surface area contributed by atoms with Crippen LogP contribution in [0, 0.1) is 13.8 Å². The number of hydrogen-bond donors (Lipinski definition) is 1. The van der Waals surface area contributed by atoms with E-state index in [1.807, 2.05) is 0 Å². The molecule has 0 radical (unpaired) electrons. The number of benzene rings is 3. The van der Waals surface area contributed by atoms with Crippen LogP contribution < -0.4 is 5.32 Å². The minimum absolute atomic E-state index is 0.150. The van der Waals surface area contributed by atoms with Crippen LogP contribution in [0.2, 0.25) is 0 Å². The largest absolute Gasteiger partial charge is 0.353 e. The second kappa shape index (κ2) is 13.1. The van der Waals surface area contributed by atoms with Gasteiger partial charge in [0.15, 0.2) is 11.0 Å². The zero-order chi connectivity index (χ0) is 27.0. The highest BCUT2D eigenvalue weighted by Crippen LogP contribution is 2.29. The lowest BCUT2D eigenvalue weighted by Gasteiger charge is -2.32. The Morgan fingerprint density at radius 2 is 1.56 bits per heavy atom. The summed E-state index contributed by atoms with van der Waals surface area (Å²) >= 11 is 1.66. The van der Waals surface area contributed by atoms with E-state index in [4.69, 9.17) is 0 Å². The van der Waals surface area contributed by atoms with Crippen LogP contribution >= 0.6 is 11.8 Å². The maximum Gasteiger partial charge on any atom is 0.220 e. The average Bonchev–Trinajstić information content (AvgIpc) is 3.37. The van der Waals surface area contributed by atoms with Gasteiger partial charge in [-0.1, -0.05) is 89.6 Å². The summed E-state index contributed by atoms with van der Waals surface area (Å²) in [5, 5.41) is 13.2. The van der Waals surface area contributed by atoms with Crippen LogP contribution in [0.4, 0.5) is 0 Å². The first-order chi connectivity index (χ1) is 19.0. The number of aromatic nitrogens is 3. The molecule has 202 valence electrons. The van der Waals surface area contributed by atoms with Gasteiger partial charge in [-0.05, 0) is 50.8 Å². The first-order valence-corrected chi connectivity index (χ1v) is 14.8. The number of carbonyl (C=O) groups excluding carboxylic acids is 1. The van der Waals surface area contributed by atoms with Crippen molar-refractivity contribution < 1.29 is 4.79 Å². The Morgan fingerprint density at radius 3 is 2.26 bits per heavy atom. The molecule has 0 aliphatic carbocycles. The van der Waals surface area contributed by atoms with Crippen LogP contribution in [0.15, 0.2) is 84.0 Å². The number of carbonyl (C=O) groups is 1. The van der Waals surface area contributed by atoms with E-state index in [0.29, 0.717) is 6.42 Å². The zero-order valence-corrected chi connectivity index (χ0v) is 23.7. The highest BCUT2D eigenvalue weighted by molar-refractivity contribution is 7.99. The number of nitrogens with one attached hydrogen (secondary N) is 1. The van der Waals surface area contributed by atoms with Crippen molar-refractivity contribution in [1.29, 1.82) is 0 Å². The van der Waals surface area contributed by atoms with Gasteiger partial charge in [0.1, 0.15) is 0 Å². The SMILES string of the molecule is Cc1ccc(-c2nnc(SCCCC(=O)NC3CCN(Cc4ccccc4)CC3)n2-c2ccc(C)cc2)cc1. The molecule has 1 fully saturated rings. The van der Waals surface area contributed by atoms with E-state index in [1.165, 1.54) is 16.7 Å². The van der Waals surface area contributed by atoms with Gasteiger partial charge in [0.25, 0.3) is 0 Å². The molecule has 0 atom stereocenters. The maximum atomic E-state index is 12.7. The lowest BCUT2D eigenvalue weighted by molar-refractivity contribution is -0.122. The molecule has 0 bridgehead atoms. The highest BCUT2D eigenvalue weighted by atomic mass is 32.2. The van der Waals surface area contributed by atoms with Gasteiger partial charge in [-0.15, -0.1) is 10.2 Å². The predicted molar refractivity (Wildman–Crippen MR) is 159 cm³/mol. The summed E-state index contributed by atoms with van der Waals surface area (Å²) in [6, 6.07) is 27.7. The second-order valence-electron chi connectivity index (χ2n) is 10.4. The number of likely N-dealkylation sites (tertiary alicyclic amines) is 1. The van der Waals surface area contributed by atoms with Crippen molar-refractivity contribution in [2.45, 2.75) is 57.3 Å². The van der Waals surface area contributed by atoms with Crippen molar-refractivity contribution >= 4 is 17.7 Å². The lowest BCUT2D eigenvalue weighted by atomic mass is 10.0. The maximum absolute atomic E-state index is 12.7. The van der Waals surface area contributed by atoms with Gasteiger partial charge in [0.2, 0.25) is 5.91 Å². The molecular weight excluding hydrogens is 502 g/mol. The topological polar surface area (TPSA) is 63.1 Å². The number of piperidine rings is 1. The summed E-state index contributed by atoms with van der Waals surface area (Å²) in [6.07, 6.45) is 3.34. The lowest BCUT2D eigenvalue weighted by Crippen LogP contribution is -2.44. The Balaban J connectivity index is 1.12. The van der Waals surface area contributed by atoms with Gasteiger partial charge in [0.05, 0.1) is 0 Å². The van der Waals surface area contributed by atoms with E-state index in [1.54, 1.807) is 11.8 Å². The van der Waals surface area contributed by atoms with Gasteiger partial charge in [-0.2, -0.15) is 0 Å². The summed E-state index contributed by atoms with van der Waals surface area (Å²) in [4.78, 5) is 15.1. The zero-order valence-electron chi connectivity index (χ0n) is 22.8. The van der Waals surface area contributed by atoms with Gasteiger partial charge in [0, 0.05) is 49.1 Å². The van der Waals surface area contributed by atoms with Crippen LogP contribution in [0.25, 0.3) is 17.1 Å². The fourth-order valence-electron chi connectivity index (χ4n) is 4.95. The molecule has 39 heavy (non-hydrogen) atoms. The molecule has 1 amide bonds. The van der Waals surface area contributed by atoms with Gasteiger partial charge >= 0.3 is 0 Å². The van der Waals surface area contributed by atoms with Crippen LogP contribution in [-0.4, -0.2) is 50.5 Å². The monoisotopic (exact) mass is 539 g/mol. The molecule has 1 aliphatic heterocycles. The Hall–Kier alpha value is -3.42. The molecule has 0 spiro atoms. The van der Waals surface area contributed by atoms with E-state index in [0.717, 1.165) is 66.9 Å². The molecule has 3 aromatic carbocycles. The Morgan fingerprint density at radius 1 is 0.897 bits per heavy atom. The average molecular weight is 540 g/mol. The number of thioether (sulfide) groups is 1. The molecule has 1 N–H and O–H groups in total. The molecular formula is C32H37N5OS. The molecule has 2 heterocycles. The van der Waals surface area contributed by atoms with Gasteiger partial charge in [-0.25, -0.2) is 0 Å². The summed E-state index contributed by atoms with van der Waals surface area (Å²) in [7, 11) is 0. The molecule has 1 aromatic heterocycles. The number of hydrogen-bond acceptors (Lipinski definition) is 5. The standard InChI is InChI=1S/C32H37N5OS/c1-24-10-14-27(15-11-24)31-34-35-32(37(31)29-16-12-25(2)13-17-29)39-22-6-9-30(38)33-28-18-20-36(21-19-28)23-26-7-4-3-5-8-26/h3-5,7-8,10-17,28H,6,9,18-23H2,1-2H3,(H,33,38). The number of nitrogens with zero attached hydrogens (tertiary/aromatic N) is 4. The molecule has 4 aromatic rings. The third kappa shape index (κ3) is 7.37. The van der Waals surface area contributed by atoms with Crippen LogP contribution in [0.5, 0.6) is 0 Å². The van der Waals surface area contributed by atoms with E-state index < -0.39 is 0 Å². The minimum atomic E-state index is 0.150. The van der Waals surface area contributed by atoms with Crippen molar-refractivity contribution in [2.75, 3.05) is 18.8 Å². The summed E-state index contributed by atoms with van der Waals surface area (Å²) < 4.78 is 2.12. The number of aryl methyl sites for hydroxylation is 2. The molecule has 5 rings (SSSR count). The van der Waals surface area contributed by atoms with Crippen molar-refractivity contribution in [3.05, 3.63) is 95.6 Å². The quantitative estimate of drug-likeness (QED) is 0.192. The van der Waals surface area contributed by atoms with Gasteiger partial charge in [-0.3, -0.25) is 14.3 Å². The van der Waals surface area contributed by atoms with Crippen molar-refractivity contribution in [3.63, 3.8) is 0 Å². The first-order valence-electron chi connectivity index (χ1n) is 13.8. The molecule has 0 unspecified atom stereocenters. The van der Waals surface area contributed by atoms with Crippen LogP contribution in [-0.2, 0) is 11.3 Å². The Kier molecular flexibility index (Phi) is 9.12. The Bertz CT molecular complexity index is 1340. The fourth-order valence-corrected chi connectivity index (χ4v) is 5.84. The first kappa shape index (κ1) is 27.2. The molecule has 6 nitrogen and oxygen atoms in total. The summed E-state index contributed by atoms with van der Waals surface area (Å²) in [5.41, 5.74) is 5.85.